The minimum Gasteiger partial charge on any atom is -0.300 e. The van der Waals surface area contributed by atoms with E-state index in [4.69, 9.17) is 0 Å². The van der Waals surface area contributed by atoms with Crippen molar-refractivity contribution in [3.63, 3.8) is 0 Å². The lowest BCUT2D eigenvalue weighted by Crippen LogP contribution is -2.13. The Balaban J connectivity index is 1.39. The average molecular weight is 461 g/mol. The molecular weight excluding hydrogens is 416 g/mol. The molecule has 2 aromatic carbocycles. The molecule has 0 N–H and O–H groups in total. The van der Waals surface area contributed by atoms with E-state index in [9.17, 15) is 9.59 Å². The molecule has 1 saturated carbocycles. The van der Waals surface area contributed by atoms with Gasteiger partial charge in [0.15, 0.2) is 5.78 Å². The molecule has 0 spiro atoms. The second kappa shape index (κ2) is 14.2. The van der Waals surface area contributed by atoms with Crippen molar-refractivity contribution in [1.29, 1.82) is 0 Å². The summed E-state index contributed by atoms with van der Waals surface area (Å²) in [5, 5.41) is 0. The molecule has 0 atom stereocenters. The van der Waals surface area contributed by atoms with Crippen LogP contribution in [-0.4, -0.2) is 11.6 Å². The van der Waals surface area contributed by atoms with Gasteiger partial charge in [0.25, 0.3) is 0 Å². The molecule has 2 heteroatoms. The summed E-state index contributed by atoms with van der Waals surface area (Å²) in [5.74, 6) is 1.45. The summed E-state index contributed by atoms with van der Waals surface area (Å²) in [5.41, 5.74) is 4.37. The van der Waals surface area contributed by atoms with Crippen LogP contribution in [0.1, 0.15) is 126 Å². The maximum Gasteiger partial charge on any atom is 0.170 e. The van der Waals surface area contributed by atoms with E-state index in [2.05, 4.69) is 31.2 Å². The van der Waals surface area contributed by atoms with Gasteiger partial charge in [-0.25, -0.2) is 0 Å². The Bertz CT molecular complexity index is 870. The summed E-state index contributed by atoms with van der Waals surface area (Å²) in [6.07, 6.45) is 18.2. The quantitative estimate of drug-likeness (QED) is 0.160. The molecule has 34 heavy (non-hydrogen) atoms. The number of benzene rings is 2. The van der Waals surface area contributed by atoms with E-state index in [-0.39, 0.29) is 18.0 Å². The van der Waals surface area contributed by atoms with E-state index in [1.54, 1.807) is 0 Å². The van der Waals surface area contributed by atoms with E-state index >= 15 is 0 Å². The van der Waals surface area contributed by atoms with Gasteiger partial charge >= 0.3 is 0 Å². The molecule has 1 fully saturated rings. The second-order valence-corrected chi connectivity index (χ2v) is 10.5. The fraction of sp³-hybridized carbons (Fsp3) is 0.562. The van der Waals surface area contributed by atoms with Gasteiger partial charge in [0, 0.05) is 5.56 Å². The fourth-order valence-corrected chi connectivity index (χ4v) is 5.48. The lowest BCUT2D eigenvalue weighted by molar-refractivity contribution is -0.116. The van der Waals surface area contributed by atoms with Crippen LogP contribution in [-0.2, 0) is 4.79 Å². The molecule has 0 radical (unpaired) electrons. The minimum absolute atomic E-state index is 0.0184. The number of carbonyl (C=O) groups excluding carboxylic acids is 2. The maximum absolute atomic E-state index is 12.1. The second-order valence-electron chi connectivity index (χ2n) is 10.5. The van der Waals surface area contributed by atoms with Crippen LogP contribution in [0.15, 0.2) is 48.5 Å². The summed E-state index contributed by atoms with van der Waals surface area (Å²) in [4.78, 5) is 23.2. The molecule has 1 aliphatic rings. The van der Waals surface area contributed by atoms with Crippen LogP contribution in [0.25, 0.3) is 11.1 Å². The molecule has 184 valence electrons. The number of hydrogen-bond acceptors (Lipinski definition) is 2. The normalized spacial score (nSPS) is 18.1. The summed E-state index contributed by atoms with van der Waals surface area (Å²) in [6.45, 7) is 3.74. The Hall–Kier alpha value is -2.22. The van der Waals surface area contributed by atoms with Crippen molar-refractivity contribution in [3.05, 3.63) is 59.7 Å². The van der Waals surface area contributed by atoms with E-state index in [1.807, 2.05) is 24.3 Å². The molecule has 0 bridgehead atoms. The summed E-state index contributed by atoms with van der Waals surface area (Å²) in [6, 6.07) is 16.7. The SMILES string of the molecule is CCCCCCCCCCC1CCC(c2ccc(-c3ccc(C(=O)CC(C)=O)cc3)cc2)CC1. The molecule has 2 aromatic rings. The third-order valence-corrected chi connectivity index (χ3v) is 7.64. The van der Waals surface area contributed by atoms with Crippen molar-refractivity contribution in [2.24, 2.45) is 5.92 Å². The maximum atomic E-state index is 12.1. The van der Waals surface area contributed by atoms with Crippen molar-refractivity contribution in [2.75, 3.05) is 0 Å². The van der Waals surface area contributed by atoms with Gasteiger partial charge in [-0.05, 0) is 61.1 Å². The van der Waals surface area contributed by atoms with Crippen LogP contribution >= 0.6 is 0 Å². The fourth-order valence-electron chi connectivity index (χ4n) is 5.48. The van der Waals surface area contributed by atoms with Gasteiger partial charge in [-0.15, -0.1) is 0 Å². The first kappa shape index (κ1) is 26.4. The van der Waals surface area contributed by atoms with E-state index in [0.29, 0.717) is 11.5 Å². The molecule has 1 aliphatic carbocycles. The van der Waals surface area contributed by atoms with Gasteiger partial charge in [-0.3, -0.25) is 9.59 Å². The van der Waals surface area contributed by atoms with Crippen LogP contribution < -0.4 is 0 Å². The zero-order valence-corrected chi connectivity index (χ0v) is 21.5. The van der Waals surface area contributed by atoms with Gasteiger partial charge in [0.1, 0.15) is 5.78 Å². The topological polar surface area (TPSA) is 34.1 Å². The first-order valence-corrected chi connectivity index (χ1v) is 13.8. The lowest BCUT2D eigenvalue weighted by atomic mass is 9.77. The molecule has 0 aliphatic heterocycles. The molecule has 0 heterocycles. The van der Waals surface area contributed by atoms with Crippen molar-refractivity contribution in [3.8, 4) is 11.1 Å². The van der Waals surface area contributed by atoms with E-state index in [1.165, 1.54) is 102 Å². The predicted molar refractivity (Wildman–Crippen MR) is 143 cm³/mol. The average Bonchev–Trinajstić information content (AvgIpc) is 2.86. The Morgan fingerprint density at radius 3 is 1.79 bits per heavy atom. The monoisotopic (exact) mass is 460 g/mol. The van der Waals surface area contributed by atoms with Crippen LogP contribution in [0.5, 0.6) is 0 Å². The van der Waals surface area contributed by atoms with Crippen molar-refractivity contribution < 1.29 is 9.59 Å². The molecular formula is C32H44O2. The van der Waals surface area contributed by atoms with E-state index in [0.717, 1.165) is 11.5 Å². The zero-order valence-electron chi connectivity index (χ0n) is 21.5. The number of rotatable bonds is 14. The van der Waals surface area contributed by atoms with Crippen molar-refractivity contribution in [2.45, 2.75) is 110 Å². The van der Waals surface area contributed by atoms with Crippen LogP contribution in [0.4, 0.5) is 0 Å². The third kappa shape index (κ3) is 8.53. The highest BCUT2D eigenvalue weighted by Gasteiger charge is 2.22. The zero-order chi connectivity index (χ0) is 24.2. The molecule has 0 amide bonds. The number of carbonyl (C=O) groups is 2. The Kier molecular flexibility index (Phi) is 11.1. The standard InChI is InChI=1S/C32H44O2/c1-3-4-5-6-7-8-9-10-11-26-12-14-27(15-13-26)28-16-18-29(19-17-28)30-20-22-31(23-21-30)32(34)24-25(2)33/h16-23,26-27H,3-15,24H2,1-2H3. The number of Topliss-reactive ketones (excluding diaryl/α,β-unsaturated/α-hetero) is 2. The van der Waals surface area contributed by atoms with Crippen LogP contribution in [0.2, 0.25) is 0 Å². The number of ketones is 2. The van der Waals surface area contributed by atoms with E-state index < -0.39 is 0 Å². The van der Waals surface area contributed by atoms with Gasteiger partial charge in [-0.2, -0.15) is 0 Å². The first-order chi connectivity index (χ1) is 16.6. The molecule has 3 rings (SSSR count). The van der Waals surface area contributed by atoms with Gasteiger partial charge in [-0.1, -0.05) is 113 Å². The number of hydrogen-bond donors (Lipinski definition) is 0. The van der Waals surface area contributed by atoms with Gasteiger partial charge < -0.3 is 0 Å². The Morgan fingerprint density at radius 2 is 1.24 bits per heavy atom. The highest BCUT2D eigenvalue weighted by atomic mass is 16.1. The summed E-state index contributed by atoms with van der Waals surface area (Å²) < 4.78 is 0. The molecule has 2 nitrogen and oxygen atoms in total. The third-order valence-electron chi connectivity index (χ3n) is 7.64. The molecule has 0 unspecified atom stereocenters. The minimum atomic E-state index is -0.104. The molecule has 0 aromatic heterocycles. The Morgan fingerprint density at radius 1 is 0.706 bits per heavy atom. The number of unbranched alkanes of at least 4 members (excludes halogenated alkanes) is 7. The summed E-state index contributed by atoms with van der Waals surface area (Å²) >= 11 is 0. The smallest absolute Gasteiger partial charge is 0.170 e. The predicted octanol–water partition coefficient (Wildman–Crippen LogP) is 9.32. The van der Waals surface area contributed by atoms with Gasteiger partial charge in [0.2, 0.25) is 0 Å². The van der Waals surface area contributed by atoms with Crippen molar-refractivity contribution in [1.82, 2.24) is 0 Å². The Labute approximate surface area is 207 Å². The largest absolute Gasteiger partial charge is 0.300 e. The lowest BCUT2D eigenvalue weighted by Gasteiger charge is -2.29. The van der Waals surface area contributed by atoms with Crippen LogP contribution in [0.3, 0.4) is 0 Å². The highest BCUT2D eigenvalue weighted by molar-refractivity contribution is 6.07. The summed E-state index contributed by atoms with van der Waals surface area (Å²) in [7, 11) is 0. The van der Waals surface area contributed by atoms with Crippen LogP contribution in [0, 0.1) is 5.92 Å². The highest BCUT2D eigenvalue weighted by Crippen LogP contribution is 2.38. The molecule has 0 saturated heterocycles. The van der Waals surface area contributed by atoms with Gasteiger partial charge in [0.05, 0.1) is 6.42 Å². The first-order valence-electron chi connectivity index (χ1n) is 13.8. The van der Waals surface area contributed by atoms with Crippen molar-refractivity contribution >= 4 is 11.6 Å².